The van der Waals surface area contributed by atoms with E-state index in [1.54, 1.807) is 0 Å². The van der Waals surface area contributed by atoms with E-state index >= 15 is 0 Å². The maximum Gasteiger partial charge on any atom is 0.227 e. The van der Waals surface area contributed by atoms with Crippen molar-refractivity contribution in [1.29, 1.82) is 0 Å². The number of aromatic nitrogens is 3. The van der Waals surface area contributed by atoms with Crippen LogP contribution in [0.15, 0.2) is 40.7 Å². The number of fused-ring (bicyclic) bond motifs is 1. The lowest BCUT2D eigenvalue weighted by atomic mass is 9.85. The van der Waals surface area contributed by atoms with Crippen LogP contribution in [0.2, 0.25) is 0 Å². The van der Waals surface area contributed by atoms with Crippen molar-refractivity contribution in [3.8, 4) is 0 Å². The van der Waals surface area contributed by atoms with Gasteiger partial charge in [0.2, 0.25) is 11.1 Å². The Balaban J connectivity index is 1.85. The molecule has 1 aliphatic heterocycles. The summed E-state index contributed by atoms with van der Waals surface area (Å²) in [7, 11) is 4.04. The lowest BCUT2D eigenvalue weighted by Crippen LogP contribution is -2.31. The minimum atomic E-state index is -0.205. The molecule has 0 radical (unpaired) electrons. The summed E-state index contributed by atoms with van der Waals surface area (Å²) in [5.74, 6) is 0.932. The number of hydrogen-bond acceptors (Lipinski definition) is 6. The van der Waals surface area contributed by atoms with Crippen LogP contribution in [0.1, 0.15) is 30.9 Å². The lowest BCUT2D eigenvalue weighted by Gasteiger charge is -2.32. The molecule has 25 heavy (non-hydrogen) atoms. The Morgan fingerprint density at radius 3 is 2.68 bits per heavy atom. The van der Waals surface area contributed by atoms with Crippen molar-refractivity contribution in [2.45, 2.75) is 30.5 Å². The van der Waals surface area contributed by atoms with E-state index in [0.717, 1.165) is 41.3 Å². The van der Waals surface area contributed by atoms with Crippen LogP contribution in [0.3, 0.4) is 0 Å². The summed E-state index contributed by atoms with van der Waals surface area (Å²) in [4.78, 5) is 19.3. The fraction of sp³-hybridized carbons (Fsp3) is 0.389. The molecule has 4 rings (SSSR count). The standard InChI is InChI=1S/C18H21N5OS/c1-22(2)12-9-7-11(8-10-12)16-15-13(5-4-6-14(15)24)19-17-20-18(25-3)21-23(16)17/h7-10,16H,4-6H2,1-3H3,(H,19,20,21). The molecule has 2 aliphatic rings. The molecule has 0 saturated carbocycles. The normalized spacial score (nSPS) is 19.3. The number of nitrogens with one attached hydrogen (secondary N) is 1. The van der Waals surface area contributed by atoms with Crippen LogP contribution >= 0.6 is 11.8 Å². The van der Waals surface area contributed by atoms with Gasteiger partial charge in [-0.05, 0) is 36.8 Å². The maximum absolute atomic E-state index is 12.7. The summed E-state index contributed by atoms with van der Waals surface area (Å²) in [6, 6.07) is 8.13. The first-order valence-corrected chi connectivity index (χ1v) is 9.62. The Bertz CT molecular complexity index is 853. The summed E-state index contributed by atoms with van der Waals surface area (Å²) in [5, 5.41) is 8.67. The Morgan fingerprint density at radius 2 is 2.00 bits per heavy atom. The van der Waals surface area contributed by atoms with Crippen LogP contribution in [0.25, 0.3) is 0 Å². The van der Waals surface area contributed by atoms with Gasteiger partial charge >= 0.3 is 0 Å². The quantitative estimate of drug-likeness (QED) is 0.854. The first-order valence-electron chi connectivity index (χ1n) is 8.39. The maximum atomic E-state index is 12.7. The van der Waals surface area contributed by atoms with E-state index in [2.05, 4.69) is 44.6 Å². The molecule has 1 unspecified atom stereocenters. The lowest BCUT2D eigenvalue weighted by molar-refractivity contribution is -0.116. The molecule has 2 aromatic rings. The highest BCUT2D eigenvalue weighted by Gasteiger charge is 2.36. The van der Waals surface area contributed by atoms with Crippen LogP contribution in [-0.4, -0.2) is 40.9 Å². The molecule has 1 aliphatic carbocycles. The van der Waals surface area contributed by atoms with Crippen molar-refractivity contribution in [2.24, 2.45) is 0 Å². The van der Waals surface area contributed by atoms with Crippen molar-refractivity contribution >= 4 is 29.2 Å². The number of hydrogen-bond donors (Lipinski definition) is 1. The molecule has 2 heterocycles. The first-order chi connectivity index (χ1) is 12.1. The van der Waals surface area contributed by atoms with Crippen LogP contribution in [-0.2, 0) is 4.79 Å². The van der Waals surface area contributed by atoms with Crippen molar-refractivity contribution < 1.29 is 4.79 Å². The van der Waals surface area contributed by atoms with Gasteiger partial charge in [-0.3, -0.25) is 4.79 Å². The van der Waals surface area contributed by atoms with E-state index in [1.165, 1.54) is 11.8 Å². The molecule has 6 nitrogen and oxygen atoms in total. The molecule has 0 saturated heterocycles. The summed E-state index contributed by atoms with van der Waals surface area (Å²) < 4.78 is 1.86. The molecule has 130 valence electrons. The second-order valence-corrected chi connectivity index (χ2v) is 7.32. The summed E-state index contributed by atoms with van der Waals surface area (Å²) in [6.07, 6.45) is 4.34. The number of allylic oxidation sites excluding steroid dienone is 2. The van der Waals surface area contributed by atoms with E-state index < -0.39 is 0 Å². The third-order valence-electron chi connectivity index (χ3n) is 4.76. The monoisotopic (exact) mass is 355 g/mol. The Labute approximate surface area is 151 Å². The Morgan fingerprint density at radius 1 is 1.24 bits per heavy atom. The van der Waals surface area contributed by atoms with Gasteiger partial charge in [-0.1, -0.05) is 23.9 Å². The summed E-state index contributed by atoms with van der Waals surface area (Å²) in [5.41, 5.74) is 4.04. The van der Waals surface area contributed by atoms with Gasteiger partial charge in [-0.15, -0.1) is 5.10 Å². The van der Waals surface area contributed by atoms with Crippen LogP contribution in [0.4, 0.5) is 11.6 Å². The van der Waals surface area contributed by atoms with Crippen LogP contribution in [0, 0.1) is 0 Å². The fourth-order valence-electron chi connectivity index (χ4n) is 3.49. The number of carbonyl (C=O) groups excluding carboxylic acids is 1. The Hall–Kier alpha value is -2.28. The largest absolute Gasteiger partial charge is 0.378 e. The summed E-state index contributed by atoms with van der Waals surface area (Å²) in [6.45, 7) is 0. The van der Waals surface area contributed by atoms with E-state index in [1.807, 2.05) is 25.0 Å². The number of thioether (sulfide) groups is 1. The van der Waals surface area contributed by atoms with Gasteiger partial charge in [0.1, 0.15) is 6.04 Å². The molecule has 1 N–H and O–H groups in total. The minimum absolute atomic E-state index is 0.205. The molecule has 0 bridgehead atoms. The smallest absolute Gasteiger partial charge is 0.227 e. The average Bonchev–Trinajstić information content (AvgIpc) is 3.03. The molecule has 1 aromatic carbocycles. The molecule has 7 heteroatoms. The highest BCUT2D eigenvalue weighted by molar-refractivity contribution is 7.98. The molecule has 0 spiro atoms. The van der Waals surface area contributed by atoms with E-state index in [9.17, 15) is 4.79 Å². The highest BCUT2D eigenvalue weighted by Crippen LogP contribution is 2.40. The third kappa shape index (κ3) is 2.72. The van der Waals surface area contributed by atoms with Crippen LogP contribution < -0.4 is 10.2 Å². The van der Waals surface area contributed by atoms with Gasteiger partial charge in [0, 0.05) is 37.5 Å². The summed E-state index contributed by atoms with van der Waals surface area (Å²) >= 11 is 1.51. The van der Waals surface area contributed by atoms with E-state index in [-0.39, 0.29) is 11.8 Å². The van der Waals surface area contributed by atoms with Crippen LogP contribution in [0.5, 0.6) is 0 Å². The van der Waals surface area contributed by atoms with Gasteiger partial charge in [-0.25, -0.2) is 4.68 Å². The third-order valence-corrected chi connectivity index (χ3v) is 5.29. The molecule has 1 atom stereocenters. The molecular weight excluding hydrogens is 334 g/mol. The molecule has 1 aromatic heterocycles. The number of Topliss-reactive ketones (excluding diaryl/α,β-unsaturated/α-hetero) is 1. The predicted octanol–water partition coefficient (Wildman–Crippen LogP) is 3.09. The zero-order valence-electron chi connectivity index (χ0n) is 14.6. The van der Waals surface area contributed by atoms with Gasteiger partial charge in [0.15, 0.2) is 5.78 Å². The zero-order valence-corrected chi connectivity index (χ0v) is 15.4. The fourth-order valence-corrected chi connectivity index (χ4v) is 3.83. The predicted molar refractivity (Wildman–Crippen MR) is 100 cm³/mol. The number of rotatable bonds is 3. The van der Waals surface area contributed by atoms with Crippen molar-refractivity contribution in [1.82, 2.24) is 14.8 Å². The number of benzene rings is 1. The van der Waals surface area contributed by atoms with Gasteiger partial charge in [0.25, 0.3) is 0 Å². The molecular formula is C18H21N5OS. The number of ketones is 1. The van der Waals surface area contributed by atoms with Crippen molar-refractivity contribution in [3.63, 3.8) is 0 Å². The molecule has 0 fully saturated rings. The number of anilines is 2. The SMILES string of the molecule is CSc1nc2n(n1)C(c1ccc(N(C)C)cc1)C1=C(CCCC1=O)N2. The van der Waals surface area contributed by atoms with Crippen molar-refractivity contribution in [2.75, 3.05) is 30.6 Å². The van der Waals surface area contributed by atoms with Gasteiger partial charge < -0.3 is 10.2 Å². The average molecular weight is 355 g/mol. The Kier molecular flexibility index (Phi) is 4.03. The topological polar surface area (TPSA) is 63.1 Å². The second-order valence-electron chi connectivity index (χ2n) is 6.55. The number of carbonyl (C=O) groups is 1. The van der Waals surface area contributed by atoms with Gasteiger partial charge in [-0.2, -0.15) is 4.98 Å². The van der Waals surface area contributed by atoms with E-state index in [4.69, 9.17) is 0 Å². The zero-order chi connectivity index (χ0) is 17.6. The minimum Gasteiger partial charge on any atom is -0.378 e. The number of nitrogens with zero attached hydrogens (tertiary/aromatic N) is 4. The van der Waals surface area contributed by atoms with Crippen molar-refractivity contribution in [3.05, 3.63) is 41.1 Å². The first kappa shape index (κ1) is 16.2. The van der Waals surface area contributed by atoms with E-state index in [0.29, 0.717) is 11.6 Å². The van der Waals surface area contributed by atoms with Gasteiger partial charge in [0.05, 0.1) is 0 Å². The second kappa shape index (κ2) is 6.22. The molecule has 0 amide bonds. The highest BCUT2D eigenvalue weighted by atomic mass is 32.2.